The van der Waals surface area contributed by atoms with Crippen LogP contribution in [0.2, 0.25) is 0 Å². The third-order valence-corrected chi connectivity index (χ3v) is 3.41. The lowest BCUT2D eigenvalue weighted by Crippen LogP contribution is -2.23. The van der Waals surface area contributed by atoms with Crippen molar-refractivity contribution in [3.05, 3.63) is 58.5 Å². The van der Waals surface area contributed by atoms with Crippen LogP contribution in [-0.2, 0) is 6.42 Å². The maximum atomic E-state index is 5.52. The fourth-order valence-electron chi connectivity index (χ4n) is 1.94. The fraction of sp³-hybridized carbons (Fsp3) is 0.333. The van der Waals surface area contributed by atoms with Gasteiger partial charge in [0.05, 0.1) is 12.3 Å². The summed E-state index contributed by atoms with van der Waals surface area (Å²) in [6, 6.07) is 12.7. The highest BCUT2D eigenvalue weighted by molar-refractivity contribution is 9.10. The molecule has 0 aliphatic rings. The SMILES string of the molecule is CCCNC(Cc1ccc(Br)cc1)c1ccco1. The number of hydrogen-bond donors (Lipinski definition) is 1. The van der Waals surface area contributed by atoms with Gasteiger partial charge in [-0.1, -0.05) is 35.0 Å². The molecule has 1 heterocycles. The highest BCUT2D eigenvalue weighted by atomic mass is 79.9. The van der Waals surface area contributed by atoms with E-state index in [9.17, 15) is 0 Å². The van der Waals surface area contributed by atoms with E-state index in [1.165, 1.54) is 5.56 Å². The largest absolute Gasteiger partial charge is 0.468 e. The summed E-state index contributed by atoms with van der Waals surface area (Å²) >= 11 is 3.46. The average Bonchev–Trinajstić information content (AvgIpc) is 2.90. The van der Waals surface area contributed by atoms with Gasteiger partial charge in [0.25, 0.3) is 0 Å². The number of halogens is 1. The van der Waals surface area contributed by atoms with Gasteiger partial charge in [0.2, 0.25) is 0 Å². The molecule has 0 bridgehead atoms. The third-order valence-electron chi connectivity index (χ3n) is 2.88. The van der Waals surface area contributed by atoms with Crippen LogP contribution in [-0.4, -0.2) is 6.54 Å². The van der Waals surface area contributed by atoms with Crippen molar-refractivity contribution in [2.24, 2.45) is 0 Å². The minimum absolute atomic E-state index is 0.251. The molecule has 1 aromatic carbocycles. The van der Waals surface area contributed by atoms with Gasteiger partial charge in [-0.15, -0.1) is 0 Å². The number of rotatable bonds is 6. The van der Waals surface area contributed by atoms with Gasteiger partial charge < -0.3 is 9.73 Å². The molecule has 0 spiro atoms. The van der Waals surface area contributed by atoms with Gasteiger partial charge >= 0.3 is 0 Å². The van der Waals surface area contributed by atoms with E-state index >= 15 is 0 Å². The van der Waals surface area contributed by atoms with E-state index in [0.717, 1.165) is 29.6 Å². The molecule has 0 aliphatic carbocycles. The molecular formula is C15H18BrNO. The molecule has 2 rings (SSSR count). The normalized spacial score (nSPS) is 12.6. The number of benzene rings is 1. The lowest BCUT2D eigenvalue weighted by Gasteiger charge is -2.16. The van der Waals surface area contributed by atoms with Crippen LogP contribution in [0.3, 0.4) is 0 Å². The van der Waals surface area contributed by atoms with Crippen molar-refractivity contribution in [2.75, 3.05) is 6.54 Å². The van der Waals surface area contributed by atoms with E-state index in [0.29, 0.717) is 0 Å². The lowest BCUT2D eigenvalue weighted by atomic mass is 10.0. The van der Waals surface area contributed by atoms with E-state index in [1.54, 1.807) is 6.26 Å². The minimum Gasteiger partial charge on any atom is -0.468 e. The van der Waals surface area contributed by atoms with Crippen LogP contribution in [0.25, 0.3) is 0 Å². The second kappa shape index (κ2) is 6.76. The van der Waals surface area contributed by atoms with Crippen LogP contribution >= 0.6 is 15.9 Å². The van der Waals surface area contributed by atoms with E-state index in [2.05, 4.69) is 52.4 Å². The van der Waals surface area contributed by atoms with Gasteiger partial charge in [-0.25, -0.2) is 0 Å². The Morgan fingerprint density at radius 2 is 2.00 bits per heavy atom. The van der Waals surface area contributed by atoms with E-state index in [4.69, 9.17) is 4.42 Å². The minimum atomic E-state index is 0.251. The molecular weight excluding hydrogens is 290 g/mol. The van der Waals surface area contributed by atoms with Crippen LogP contribution in [0.5, 0.6) is 0 Å². The molecule has 1 unspecified atom stereocenters. The summed E-state index contributed by atoms with van der Waals surface area (Å²) in [4.78, 5) is 0. The maximum Gasteiger partial charge on any atom is 0.121 e. The maximum absolute atomic E-state index is 5.52. The van der Waals surface area contributed by atoms with Crippen molar-refractivity contribution >= 4 is 15.9 Å². The molecule has 0 fully saturated rings. The number of hydrogen-bond acceptors (Lipinski definition) is 2. The van der Waals surface area contributed by atoms with Crippen LogP contribution < -0.4 is 5.32 Å². The van der Waals surface area contributed by atoms with Crippen LogP contribution in [0.15, 0.2) is 51.6 Å². The molecule has 0 saturated heterocycles. The standard InChI is InChI=1S/C15H18BrNO/c1-2-9-17-14(15-4-3-10-18-15)11-12-5-7-13(16)8-6-12/h3-8,10,14,17H,2,9,11H2,1H3. The van der Waals surface area contributed by atoms with Gasteiger partial charge in [0.15, 0.2) is 0 Å². The van der Waals surface area contributed by atoms with E-state index < -0.39 is 0 Å². The first-order valence-electron chi connectivity index (χ1n) is 6.31. The van der Waals surface area contributed by atoms with Crippen LogP contribution in [0.1, 0.15) is 30.7 Å². The monoisotopic (exact) mass is 307 g/mol. The highest BCUT2D eigenvalue weighted by Crippen LogP contribution is 2.20. The molecule has 2 nitrogen and oxygen atoms in total. The van der Waals surface area contributed by atoms with Gasteiger partial charge in [0, 0.05) is 4.47 Å². The van der Waals surface area contributed by atoms with Crippen molar-refractivity contribution in [3.8, 4) is 0 Å². The Morgan fingerprint density at radius 1 is 1.22 bits per heavy atom. The van der Waals surface area contributed by atoms with Crippen molar-refractivity contribution < 1.29 is 4.42 Å². The topological polar surface area (TPSA) is 25.2 Å². The molecule has 18 heavy (non-hydrogen) atoms. The summed E-state index contributed by atoms with van der Waals surface area (Å²) in [5.41, 5.74) is 1.31. The third kappa shape index (κ3) is 3.72. The molecule has 2 aromatic rings. The zero-order chi connectivity index (χ0) is 12.8. The Morgan fingerprint density at radius 3 is 2.61 bits per heavy atom. The van der Waals surface area contributed by atoms with Gasteiger partial charge in [-0.05, 0) is 49.2 Å². The van der Waals surface area contributed by atoms with Gasteiger partial charge in [0.1, 0.15) is 5.76 Å². The lowest BCUT2D eigenvalue weighted by molar-refractivity contribution is 0.410. The van der Waals surface area contributed by atoms with Crippen molar-refractivity contribution in [1.29, 1.82) is 0 Å². The molecule has 3 heteroatoms. The second-order valence-corrected chi connectivity index (χ2v) is 5.27. The summed E-state index contributed by atoms with van der Waals surface area (Å²) in [6.07, 6.45) is 3.80. The van der Waals surface area contributed by atoms with E-state index in [-0.39, 0.29) is 6.04 Å². The Hall–Kier alpha value is -1.06. The summed E-state index contributed by atoms with van der Waals surface area (Å²) in [7, 11) is 0. The number of furan rings is 1. The Bertz CT molecular complexity index is 450. The van der Waals surface area contributed by atoms with E-state index in [1.807, 2.05) is 12.1 Å². The predicted octanol–water partition coefficient (Wildman–Crippen LogP) is 4.33. The van der Waals surface area contributed by atoms with Crippen molar-refractivity contribution in [1.82, 2.24) is 5.32 Å². The summed E-state index contributed by atoms with van der Waals surface area (Å²) in [6.45, 7) is 3.17. The van der Waals surface area contributed by atoms with Gasteiger partial charge in [-0.3, -0.25) is 0 Å². The zero-order valence-electron chi connectivity index (χ0n) is 10.5. The zero-order valence-corrected chi connectivity index (χ0v) is 12.1. The predicted molar refractivity (Wildman–Crippen MR) is 77.6 cm³/mol. The van der Waals surface area contributed by atoms with Crippen LogP contribution in [0.4, 0.5) is 0 Å². The van der Waals surface area contributed by atoms with Crippen LogP contribution in [0, 0.1) is 0 Å². The first kappa shape index (κ1) is 13.4. The first-order valence-corrected chi connectivity index (χ1v) is 7.10. The quantitative estimate of drug-likeness (QED) is 0.859. The molecule has 0 saturated carbocycles. The molecule has 0 amide bonds. The summed E-state index contributed by atoms with van der Waals surface area (Å²) < 4.78 is 6.63. The average molecular weight is 308 g/mol. The Kier molecular flexibility index (Phi) is 5.02. The fourth-order valence-corrected chi connectivity index (χ4v) is 2.20. The first-order chi connectivity index (χ1) is 8.79. The molecule has 1 atom stereocenters. The molecule has 0 aliphatic heterocycles. The van der Waals surface area contributed by atoms with Crippen molar-refractivity contribution in [3.63, 3.8) is 0 Å². The smallest absolute Gasteiger partial charge is 0.121 e. The summed E-state index contributed by atoms with van der Waals surface area (Å²) in [5, 5.41) is 3.53. The molecule has 96 valence electrons. The highest BCUT2D eigenvalue weighted by Gasteiger charge is 2.13. The van der Waals surface area contributed by atoms with Gasteiger partial charge in [-0.2, -0.15) is 0 Å². The molecule has 1 N–H and O–H groups in total. The summed E-state index contributed by atoms with van der Waals surface area (Å²) in [5.74, 6) is 1.01. The molecule has 1 aromatic heterocycles. The second-order valence-electron chi connectivity index (χ2n) is 4.35. The Balaban J connectivity index is 2.07. The number of nitrogens with one attached hydrogen (secondary N) is 1. The van der Waals surface area contributed by atoms with Crippen molar-refractivity contribution in [2.45, 2.75) is 25.8 Å². The Labute approximate surface area is 117 Å². The molecule has 0 radical (unpaired) electrons.